The minimum Gasteiger partial charge on any atom is -0.255 e. The van der Waals surface area contributed by atoms with E-state index in [1.54, 1.807) is 6.21 Å². The second-order valence-electron chi connectivity index (χ2n) is 2.61. The lowest BCUT2D eigenvalue weighted by atomic mass is 10.1. The number of rotatable bonds is 0. The number of benzene rings is 1. The van der Waals surface area contributed by atoms with Crippen molar-refractivity contribution in [2.24, 2.45) is 4.99 Å². The van der Waals surface area contributed by atoms with Crippen molar-refractivity contribution in [2.45, 2.75) is 6.42 Å². The molecule has 0 fully saturated rings. The highest BCUT2D eigenvalue weighted by molar-refractivity contribution is 7.68. The second kappa shape index (κ2) is 3.03. The first-order valence-corrected chi connectivity index (χ1v) is 4.42. The predicted octanol–water partition coefficient (Wildman–Crippen LogP) is 1.33. The van der Waals surface area contributed by atoms with E-state index < -0.39 is 0 Å². The van der Waals surface area contributed by atoms with E-state index in [-0.39, 0.29) is 0 Å². The van der Waals surface area contributed by atoms with E-state index in [0.717, 1.165) is 22.5 Å². The van der Waals surface area contributed by atoms with Crippen LogP contribution in [0.25, 0.3) is 0 Å². The monoisotopic (exact) mass is 177 g/mol. The van der Waals surface area contributed by atoms with Crippen LogP contribution in [0, 0.1) is 0 Å². The van der Waals surface area contributed by atoms with Gasteiger partial charge in [-0.15, -0.1) is 0 Å². The van der Waals surface area contributed by atoms with Gasteiger partial charge in [0.2, 0.25) is 0 Å². The van der Waals surface area contributed by atoms with Gasteiger partial charge in [0.25, 0.3) is 0 Å². The Bertz CT molecular complexity index is 391. The van der Waals surface area contributed by atoms with Gasteiger partial charge in [-0.1, -0.05) is 18.2 Å². The summed E-state index contributed by atoms with van der Waals surface area (Å²) in [4.78, 5) is 4.95. The van der Waals surface area contributed by atoms with Crippen molar-refractivity contribution in [3.8, 4) is 0 Å². The van der Waals surface area contributed by atoms with Crippen molar-refractivity contribution in [1.82, 2.24) is 0 Å². The molecule has 0 bridgehead atoms. The van der Waals surface area contributed by atoms with Gasteiger partial charge in [-0.3, -0.25) is 4.99 Å². The van der Waals surface area contributed by atoms with Crippen LogP contribution in [0.2, 0.25) is 0 Å². The van der Waals surface area contributed by atoms with Crippen LogP contribution in [-0.4, -0.2) is 15.3 Å². The van der Waals surface area contributed by atoms with E-state index in [9.17, 15) is 4.21 Å². The minimum atomic E-state index is 0.527. The van der Waals surface area contributed by atoms with Crippen LogP contribution in [0.4, 0.5) is 5.69 Å². The third-order valence-electron chi connectivity index (χ3n) is 1.81. The van der Waals surface area contributed by atoms with E-state index in [1.165, 1.54) is 0 Å². The maximum Gasteiger partial charge on any atom is 0.0940 e. The van der Waals surface area contributed by atoms with Gasteiger partial charge in [-0.25, -0.2) is 4.21 Å². The molecular weight excluding hydrogens is 170 g/mol. The van der Waals surface area contributed by atoms with Crippen LogP contribution in [-0.2, 0) is 17.7 Å². The van der Waals surface area contributed by atoms with Crippen LogP contribution in [0.5, 0.6) is 0 Å². The zero-order valence-corrected chi connectivity index (χ0v) is 7.17. The predicted molar refractivity (Wildman–Crippen MR) is 51.4 cm³/mol. The quantitative estimate of drug-likeness (QED) is 0.550. The highest BCUT2D eigenvalue weighted by Crippen LogP contribution is 2.21. The fourth-order valence-electron chi connectivity index (χ4n) is 1.21. The Morgan fingerprint density at radius 1 is 1.33 bits per heavy atom. The Morgan fingerprint density at radius 3 is 3.00 bits per heavy atom. The summed E-state index contributed by atoms with van der Waals surface area (Å²) < 4.78 is 10.5. The molecule has 60 valence electrons. The number of aliphatic imine (C=N–C) groups is 1. The lowest BCUT2D eigenvalue weighted by molar-refractivity contribution is 0.701. The van der Waals surface area contributed by atoms with Crippen molar-refractivity contribution in [2.75, 3.05) is 0 Å². The topological polar surface area (TPSA) is 29.4 Å². The SMILES string of the molecule is O=S=C1C=Nc2ccccc2C1. The molecule has 0 N–H and O–H groups in total. The Morgan fingerprint density at radius 2 is 2.17 bits per heavy atom. The molecule has 0 amide bonds. The zero-order valence-electron chi connectivity index (χ0n) is 6.36. The molecule has 1 heterocycles. The lowest BCUT2D eigenvalue weighted by Crippen LogP contribution is -2.08. The fraction of sp³-hybridized carbons (Fsp3) is 0.111. The zero-order chi connectivity index (χ0) is 8.39. The standard InChI is InChI=1S/C9H7NOS/c11-12-8-5-7-3-1-2-4-9(7)10-6-8/h1-4,6H,5H2. The highest BCUT2D eigenvalue weighted by atomic mass is 32.1. The van der Waals surface area contributed by atoms with Crippen LogP contribution in [0.15, 0.2) is 29.3 Å². The van der Waals surface area contributed by atoms with Gasteiger partial charge in [0, 0.05) is 12.6 Å². The molecule has 0 radical (unpaired) electrons. The summed E-state index contributed by atoms with van der Waals surface area (Å²) in [5, 5.41) is 0. The number of hydrogen-bond acceptors (Lipinski definition) is 2. The maximum absolute atomic E-state index is 10.5. The maximum atomic E-state index is 10.5. The number of para-hydroxylation sites is 1. The first-order valence-electron chi connectivity index (χ1n) is 3.68. The van der Waals surface area contributed by atoms with Crippen LogP contribution in [0.3, 0.4) is 0 Å². The number of nitrogens with zero attached hydrogens (tertiary/aromatic N) is 1. The summed E-state index contributed by atoms with van der Waals surface area (Å²) in [6.45, 7) is 0. The van der Waals surface area contributed by atoms with Gasteiger partial charge in [0.1, 0.15) is 0 Å². The van der Waals surface area contributed by atoms with Crippen molar-refractivity contribution in [3.05, 3.63) is 29.8 Å². The number of hydrogen-bond donors (Lipinski definition) is 0. The molecule has 1 aromatic carbocycles. The normalized spacial score (nSPS) is 14.2. The van der Waals surface area contributed by atoms with E-state index in [1.807, 2.05) is 24.3 Å². The van der Waals surface area contributed by atoms with Gasteiger partial charge < -0.3 is 0 Å². The molecule has 1 aliphatic rings. The average Bonchev–Trinajstić information content (AvgIpc) is 2.17. The smallest absolute Gasteiger partial charge is 0.0940 e. The molecule has 0 spiro atoms. The Labute approximate surface area is 74.0 Å². The van der Waals surface area contributed by atoms with Crippen molar-refractivity contribution >= 4 is 28.0 Å². The van der Waals surface area contributed by atoms with E-state index in [0.29, 0.717) is 11.3 Å². The second-order valence-corrected chi connectivity index (χ2v) is 3.30. The summed E-state index contributed by atoms with van der Waals surface area (Å²) >= 11 is 0.527. The van der Waals surface area contributed by atoms with Crippen LogP contribution >= 0.6 is 0 Å². The highest BCUT2D eigenvalue weighted by Gasteiger charge is 2.07. The van der Waals surface area contributed by atoms with Crippen molar-refractivity contribution in [1.29, 1.82) is 0 Å². The molecule has 0 atom stereocenters. The van der Waals surface area contributed by atoms with E-state index in [2.05, 4.69) is 4.99 Å². The fourth-order valence-corrected chi connectivity index (χ4v) is 1.52. The van der Waals surface area contributed by atoms with Crippen LogP contribution in [0.1, 0.15) is 5.56 Å². The molecule has 3 heteroatoms. The Balaban J connectivity index is 2.52. The first-order chi connectivity index (χ1) is 5.90. The van der Waals surface area contributed by atoms with Gasteiger partial charge >= 0.3 is 0 Å². The average molecular weight is 177 g/mol. The summed E-state index contributed by atoms with van der Waals surface area (Å²) in [5.41, 5.74) is 2.12. The van der Waals surface area contributed by atoms with Crippen LogP contribution < -0.4 is 0 Å². The van der Waals surface area contributed by atoms with Gasteiger partial charge in [-0.05, 0) is 11.6 Å². The molecule has 2 nitrogen and oxygen atoms in total. The largest absolute Gasteiger partial charge is 0.255 e. The molecular formula is C9H7NOS. The van der Waals surface area contributed by atoms with Gasteiger partial charge in [0.05, 0.1) is 21.8 Å². The molecule has 1 aliphatic heterocycles. The molecule has 0 aliphatic carbocycles. The molecule has 2 rings (SSSR count). The van der Waals surface area contributed by atoms with Crippen molar-refractivity contribution < 1.29 is 4.21 Å². The summed E-state index contributed by atoms with van der Waals surface area (Å²) in [5.74, 6) is 0. The van der Waals surface area contributed by atoms with E-state index >= 15 is 0 Å². The Hall–Kier alpha value is -1.22. The third kappa shape index (κ3) is 1.23. The summed E-state index contributed by atoms with van der Waals surface area (Å²) in [7, 11) is 0. The molecule has 0 saturated carbocycles. The molecule has 0 aromatic heterocycles. The molecule has 0 saturated heterocycles. The van der Waals surface area contributed by atoms with E-state index in [4.69, 9.17) is 0 Å². The Kier molecular flexibility index (Phi) is 1.87. The van der Waals surface area contributed by atoms with Gasteiger partial charge in [-0.2, -0.15) is 0 Å². The number of fused-ring (bicyclic) bond motifs is 1. The molecule has 12 heavy (non-hydrogen) atoms. The third-order valence-corrected chi connectivity index (χ3v) is 2.27. The molecule has 1 aromatic rings. The van der Waals surface area contributed by atoms with Gasteiger partial charge in [0.15, 0.2) is 0 Å². The first kappa shape index (κ1) is 7.43. The molecule has 0 unspecified atom stereocenters. The lowest BCUT2D eigenvalue weighted by Gasteiger charge is -2.08. The summed E-state index contributed by atoms with van der Waals surface area (Å²) in [6.07, 6.45) is 2.38. The summed E-state index contributed by atoms with van der Waals surface area (Å²) in [6, 6.07) is 7.87. The van der Waals surface area contributed by atoms with Crippen molar-refractivity contribution in [3.63, 3.8) is 0 Å². The minimum absolute atomic E-state index is 0.527.